The lowest BCUT2D eigenvalue weighted by atomic mass is 10.0. The Morgan fingerprint density at radius 1 is 1.27 bits per heavy atom. The van der Waals surface area contributed by atoms with E-state index in [-0.39, 0.29) is 24.1 Å². The number of hydrogen-bond donors (Lipinski definition) is 3. The standard InChI is InChI=1S/C22H32N4O4/c1-2-25-14-17-13-16(5-7-18(17)23-10-9-21(25)29)6-8-20(28)24-19(15-27)22(30)26-11-3-4-12-26/h5,7,13,19,23,27H,2-4,6,8-12,14-15H2,1H3,(H,24,28)/t19-/m0/s1. The summed E-state index contributed by atoms with van der Waals surface area (Å²) in [6, 6.07) is 5.15. The first kappa shape index (κ1) is 22.1. The predicted octanol–water partition coefficient (Wildman–Crippen LogP) is 0.883. The van der Waals surface area contributed by atoms with Crippen molar-refractivity contribution >= 4 is 23.4 Å². The molecule has 164 valence electrons. The number of aryl methyl sites for hydroxylation is 1. The van der Waals surface area contributed by atoms with Crippen molar-refractivity contribution in [3.63, 3.8) is 0 Å². The number of nitrogens with one attached hydrogen (secondary N) is 2. The van der Waals surface area contributed by atoms with E-state index in [1.54, 1.807) is 4.90 Å². The molecule has 0 bridgehead atoms. The van der Waals surface area contributed by atoms with Crippen molar-refractivity contribution in [2.24, 2.45) is 0 Å². The molecule has 0 aromatic heterocycles. The number of benzene rings is 1. The molecular formula is C22H32N4O4. The molecule has 1 aromatic rings. The normalized spacial score (nSPS) is 17.6. The highest BCUT2D eigenvalue weighted by molar-refractivity contribution is 5.88. The van der Waals surface area contributed by atoms with Gasteiger partial charge in [0.1, 0.15) is 6.04 Å². The van der Waals surface area contributed by atoms with Crippen LogP contribution in [0.4, 0.5) is 5.69 Å². The molecule has 0 saturated carbocycles. The molecule has 8 heteroatoms. The lowest BCUT2D eigenvalue weighted by Crippen LogP contribution is -2.49. The number of rotatable bonds is 7. The van der Waals surface area contributed by atoms with E-state index < -0.39 is 12.6 Å². The Labute approximate surface area is 177 Å². The van der Waals surface area contributed by atoms with E-state index in [0.29, 0.717) is 45.6 Å². The van der Waals surface area contributed by atoms with E-state index in [2.05, 4.69) is 10.6 Å². The van der Waals surface area contributed by atoms with Gasteiger partial charge >= 0.3 is 0 Å². The van der Waals surface area contributed by atoms with Gasteiger partial charge in [-0.25, -0.2) is 0 Å². The Kier molecular flexibility index (Phi) is 7.68. The van der Waals surface area contributed by atoms with Crippen LogP contribution >= 0.6 is 0 Å². The van der Waals surface area contributed by atoms with Crippen molar-refractivity contribution in [2.75, 3.05) is 38.1 Å². The fraction of sp³-hybridized carbons (Fsp3) is 0.591. The van der Waals surface area contributed by atoms with Gasteiger partial charge in [0, 0.05) is 51.3 Å². The third kappa shape index (κ3) is 5.50. The maximum atomic E-state index is 12.4. The first-order valence-corrected chi connectivity index (χ1v) is 10.8. The van der Waals surface area contributed by atoms with Crippen molar-refractivity contribution in [3.05, 3.63) is 29.3 Å². The number of carbonyl (C=O) groups is 3. The highest BCUT2D eigenvalue weighted by Gasteiger charge is 2.27. The monoisotopic (exact) mass is 416 g/mol. The summed E-state index contributed by atoms with van der Waals surface area (Å²) in [7, 11) is 0. The molecular weight excluding hydrogens is 384 g/mol. The molecule has 0 spiro atoms. The highest BCUT2D eigenvalue weighted by Crippen LogP contribution is 2.22. The molecule has 1 atom stereocenters. The SMILES string of the molecule is CCN1Cc2cc(CCC(=O)N[C@@H](CO)C(=O)N3CCCC3)ccc2NCCC1=O. The summed E-state index contributed by atoms with van der Waals surface area (Å²) >= 11 is 0. The average Bonchev–Trinajstić information content (AvgIpc) is 3.28. The number of nitrogens with zero attached hydrogens (tertiary/aromatic N) is 2. The van der Waals surface area contributed by atoms with E-state index in [4.69, 9.17) is 0 Å². The predicted molar refractivity (Wildman–Crippen MR) is 114 cm³/mol. The zero-order valence-corrected chi connectivity index (χ0v) is 17.7. The Morgan fingerprint density at radius 2 is 2.03 bits per heavy atom. The molecule has 3 amide bonds. The lowest BCUT2D eigenvalue weighted by molar-refractivity contribution is -0.136. The summed E-state index contributed by atoms with van der Waals surface area (Å²) in [6.45, 7) is 4.77. The van der Waals surface area contributed by atoms with E-state index in [1.165, 1.54) is 0 Å². The molecule has 2 aliphatic rings. The first-order valence-electron chi connectivity index (χ1n) is 10.8. The summed E-state index contributed by atoms with van der Waals surface area (Å²) in [6.07, 6.45) is 3.16. The Morgan fingerprint density at radius 3 is 2.73 bits per heavy atom. The number of hydrogen-bond acceptors (Lipinski definition) is 5. The zero-order valence-electron chi connectivity index (χ0n) is 17.7. The van der Waals surface area contributed by atoms with Crippen LogP contribution in [0, 0.1) is 0 Å². The zero-order chi connectivity index (χ0) is 21.5. The number of carbonyl (C=O) groups excluding carboxylic acids is 3. The fourth-order valence-electron chi connectivity index (χ4n) is 4.02. The molecule has 0 aliphatic carbocycles. The molecule has 8 nitrogen and oxygen atoms in total. The summed E-state index contributed by atoms with van der Waals surface area (Å²) < 4.78 is 0. The van der Waals surface area contributed by atoms with Crippen molar-refractivity contribution < 1.29 is 19.5 Å². The van der Waals surface area contributed by atoms with Crippen LogP contribution in [0.1, 0.15) is 43.7 Å². The third-order valence-corrected chi connectivity index (χ3v) is 5.79. The van der Waals surface area contributed by atoms with Crippen LogP contribution in [-0.4, -0.2) is 71.5 Å². The van der Waals surface area contributed by atoms with Crippen LogP contribution in [0.15, 0.2) is 18.2 Å². The van der Waals surface area contributed by atoms with Gasteiger partial charge in [-0.2, -0.15) is 0 Å². The Balaban J connectivity index is 1.58. The van der Waals surface area contributed by atoms with Gasteiger partial charge in [0.25, 0.3) is 0 Å². The minimum Gasteiger partial charge on any atom is -0.394 e. The van der Waals surface area contributed by atoms with Gasteiger partial charge < -0.3 is 25.5 Å². The number of likely N-dealkylation sites (tertiary alicyclic amines) is 1. The van der Waals surface area contributed by atoms with Gasteiger partial charge in [-0.05, 0) is 43.4 Å². The van der Waals surface area contributed by atoms with E-state index >= 15 is 0 Å². The smallest absolute Gasteiger partial charge is 0.247 e. The Bertz CT molecular complexity index is 776. The number of amides is 3. The quantitative estimate of drug-likeness (QED) is 0.613. The number of anilines is 1. The van der Waals surface area contributed by atoms with E-state index in [1.807, 2.05) is 30.0 Å². The number of aliphatic hydroxyl groups is 1. The molecule has 30 heavy (non-hydrogen) atoms. The van der Waals surface area contributed by atoms with Crippen molar-refractivity contribution in [1.29, 1.82) is 0 Å². The maximum absolute atomic E-state index is 12.4. The molecule has 1 fully saturated rings. The highest BCUT2D eigenvalue weighted by atomic mass is 16.3. The maximum Gasteiger partial charge on any atom is 0.247 e. The third-order valence-electron chi connectivity index (χ3n) is 5.79. The molecule has 3 N–H and O–H groups in total. The van der Waals surface area contributed by atoms with Crippen LogP contribution < -0.4 is 10.6 Å². The van der Waals surface area contributed by atoms with Gasteiger partial charge in [0.15, 0.2) is 0 Å². The lowest BCUT2D eigenvalue weighted by Gasteiger charge is -2.26. The second-order valence-electron chi connectivity index (χ2n) is 7.91. The fourth-order valence-corrected chi connectivity index (χ4v) is 4.02. The first-order chi connectivity index (χ1) is 14.5. The molecule has 1 aromatic carbocycles. The second-order valence-corrected chi connectivity index (χ2v) is 7.91. The summed E-state index contributed by atoms with van der Waals surface area (Å²) in [5.41, 5.74) is 3.06. The van der Waals surface area contributed by atoms with Crippen LogP contribution in [0.25, 0.3) is 0 Å². The van der Waals surface area contributed by atoms with Gasteiger partial charge in [0.2, 0.25) is 17.7 Å². The second kappa shape index (κ2) is 10.4. The number of aliphatic hydroxyl groups excluding tert-OH is 1. The topological polar surface area (TPSA) is 102 Å². The van der Waals surface area contributed by atoms with Crippen molar-refractivity contribution in [2.45, 2.75) is 51.6 Å². The molecule has 2 aliphatic heterocycles. The van der Waals surface area contributed by atoms with Crippen LogP contribution in [0.5, 0.6) is 0 Å². The van der Waals surface area contributed by atoms with Crippen molar-refractivity contribution in [3.8, 4) is 0 Å². The van der Waals surface area contributed by atoms with Gasteiger partial charge in [-0.1, -0.05) is 12.1 Å². The summed E-state index contributed by atoms with van der Waals surface area (Å²) in [5.74, 6) is -0.324. The van der Waals surface area contributed by atoms with Crippen LogP contribution in [-0.2, 0) is 27.3 Å². The molecule has 2 heterocycles. The molecule has 0 radical (unpaired) electrons. The largest absolute Gasteiger partial charge is 0.394 e. The van der Waals surface area contributed by atoms with Crippen LogP contribution in [0.2, 0.25) is 0 Å². The summed E-state index contributed by atoms with van der Waals surface area (Å²) in [4.78, 5) is 40.5. The minimum atomic E-state index is -0.875. The van der Waals surface area contributed by atoms with Gasteiger partial charge in [-0.3, -0.25) is 14.4 Å². The van der Waals surface area contributed by atoms with E-state index in [9.17, 15) is 19.5 Å². The minimum absolute atomic E-state index is 0.137. The summed E-state index contributed by atoms with van der Waals surface area (Å²) in [5, 5.41) is 15.5. The van der Waals surface area contributed by atoms with Crippen molar-refractivity contribution in [1.82, 2.24) is 15.1 Å². The van der Waals surface area contributed by atoms with Gasteiger partial charge in [0.05, 0.1) is 6.61 Å². The Hall–Kier alpha value is -2.61. The molecule has 3 rings (SSSR count). The number of fused-ring (bicyclic) bond motifs is 1. The molecule has 1 saturated heterocycles. The average molecular weight is 417 g/mol. The van der Waals surface area contributed by atoms with Crippen LogP contribution in [0.3, 0.4) is 0 Å². The molecule has 0 unspecified atom stereocenters. The van der Waals surface area contributed by atoms with E-state index in [0.717, 1.165) is 29.7 Å². The van der Waals surface area contributed by atoms with Gasteiger partial charge in [-0.15, -0.1) is 0 Å².